The van der Waals surface area contributed by atoms with Crippen LogP contribution in [0.2, 0.25) is 0 Å². The second-order valence-electron chi connectivity index (χ2n) is 4.43. The Hall–Kier alpha value is -2.29. The molecule has 0 aliphatic rings. The fraction of sp³-hybridized carbons (Fsp3) is 0.429. The molecule has 0 saturated heterocycles. The van der Waals surface area contributed by atoms with Crippen molar-refractivity contribution in [1.82, 2.24) is 10.9 Å². The zero-order valence-corrected chi connectivity index (χ0v) is 12.4. The Labute approximate surface area is 130 Å². The first kappa shape index (κ1) is 18.8. The molecule has 0 saturated carbocycles. The van der Waals surface area contributed by atoms with E-state index in [4.69, 9.17) is 4.74 Å². The molecule has 23 heavy (non-hydrogen) atoms. The van der Waals surface area contributed by atoms with Crippen molar-refractivity contribution in [2.45, 2.75) is 32.2 Å². The van der Waals surface area contributed by atoms with Gasteiger partial charge in [-0.2, -0.15) is 13.2 Å². The van der Waals surface area contributed by atoms with E-state index in [0.29, 0.717) is 5.56 Å². The van der Waals surface area contributed by atoms with Gasteiger partial charge in [-0.3, -0.25) is 10.2 Å². The van der Waals surface area contributed by atoms with Crippen molar-refractivity contribution in [3.8, 4) is 0 Å². The van der Waals surface area contributed by atoms with Crippen molar-refractivity contribution in [3.05, 3.63) is 35.9 Å². The Kier molecular flexibility index (Phi) is 7.33. The maximum Gasteiger partial charge on any atom is 0.421 e. The lowest BCUT2D eigenvalue weighted by Gasteiger charge is -2.21. The monoisotopic (exact) mass is 334 g/mol. The highest BCUT2D eigenvalue weighted by atomic mass is 19.4. The fourth-order valence-electron chi connectivity index (χ4n) is 1.54. The Bertz CT molecular complexity index is 508. The van der Waals surface area contributed by atoms with Crippen LogP contribution in [0.4, 0.5) is 18.0 Å². The van der Waals surface area contributed by atoms with Gasteiger partial charge in [0.1, 0.15) is 12.6 Å². The molecule has 1 amide bonds. The molecule has 0 spiro atoms. The SMILES string of the molecule is CCOC(=O)CC(NNC(=O)OCc1ccccc1)C(F)(F)F. The molecule has 1 atom stereocenters. The van der Waals surface area contributed by atoms with Crippen LogP contribution in [0.15, 0.2) is 30.3 Å². The quantitative estimate of drug-likeness (QED) is 0.591. The van der Waals surface area contributed by atoms with E-state index in [0.717, 1.165) is 0 Å². The largest absolute Gasteiger partial charge is 0.466 e. The van der Waals surface area contributed by atoms with Crippen LogP contribution in [-0.2, 0) is 20.9 Å². The molecular formula is C14H17F3N2O4. The third-order valence-electron chi connectivity index (χ3n) is 2.63. The summed E-state index contributed by atoms with van der Waals surface area (Å²) < 4.78 is 47.5. The van der Waals surface area contributed by atoms with Gasteiger partial charge >= 0.3 is 18.2 Å². The minimum absolute atomic E-state index is 0.0318. The maximum absolute atomic E-state index is 12.8. The highest BCUT2D eigenvalue weighted by Gasteiger charge is 2.41. The van der Waals surface area contributed by atoms with Crippen LogP contribution in [0.1, 0.15) is 18.9 Å². The summed E-state index contributed by atoms with van der Waals surface area (Å²) >= 11 is 0. The normalized spacial score (nSPS) is 12.3. The molecule has 0 heterocycles. The fourth-order valence-corrected chi connectivity index (χ4v) is 1.54. The van der Waals surface area contributed by atoms with Crippen molar-refractivity contribution in [2.75, 3.05) is 6.61 Å². The number of alkyl halides is 3. The topological polar surface area (TPSA) is 76.7 Å². The molecule has 0 fully saturated rings. The van der Waals surface area contributed by atoms with Crippen LogP contribution < -0.4 is 10.9 Å². The molecule has 9 heteroatoms. The number of benzene rings is 1. The van der Waals surface area contributed by atoms with E-state index in [9.17, 15) is 22.8 Å². The van der Waals surface area contributed by atoms with E-state index in [2.05, 4.69) is 4.74 Å². The number of hydrogen-bond donors (Lipinski definition) is 2. The van der Waals surface area contributed by atoms with Crippen molar-refractivity contribution in [2.24, 2.45) is 0 Å². The summed E-state index contributed by atoms with van der Waals surface area (Å²) in [5.74, 6) is -1.03. The minimum Gasteiger partial charge on any atom is -0.466 e. The van der Waals surface area contributed by atoms with Crippen LogP contribution in [0.3, 0.4) is 0 Å². The van der Waals surface area contributed by atoms with Crippen molar-refractivity contribution in [3.63, 3.8) is 0 Å². The first-order chi connectivity index (χ1) is 10.8. The Morgan fingerprint density at radius 1 is 1.17 bits per heavy atom. The van der Waals surface area contributed by atoms with Gasteiger partial charge in [0.15, 0.2) is 0 Å². The smallest absolute Gasteiger partial charge is 0.421 e. The second-order valence-corrected chi connectivity index (χ2v) is 4.43. The van der Waals surface area contributed by atoms with Crippen LogP contribution in [0.5, 0.6) is 0 Å². The van der Waals surface area contributed by atoms with E-state index >= 15 is 0 Å². The lowest BCUT2D eigenvalue weighted by Crippen LogP contribution is -2.52. The number of halogens is 3. The van der Waals surface area contributed by atoms with Crippen LogP contribution >= 0.6 is 0 Å². The molecule has 128 valence electrons. The van der Waals surface area contributed by atoms with Gasteiger partial charge in [-0.1, -0.05) is 30.3 Å². The van der Waals surface area contributed by atoms with Crippen LogP contribution in [0, 0.1) is 0 Å². The van der Waals surface area contributed by atoms with Gasteiger partial charge in [-0.15, -0.1) is 0 Å². The summed E-state index contributed by atoms with van der Waals surface area (Å²) in [6.45, 7) is 1.35. The molecule has 0 aliphatic carbocycles. The Balaban J connectivity index is 2.44. The molecule has 6 nitrogen and oxygen atoms in total. The average molecular weight is 334 g/mol. The summed E-state index contributed by atoms with van der Waals surface area (Å²) in [6.07, 6.45) is -6.79. The minimum atomic E-state index is -4.74. The van der Waals surface area contributed by atoms with E-state index in [1.165, 1.54) is 6.92 Å². The molecule has 0 aromatic heterocycles. The van der Waals surface area contributed by atoms with Crippen molar-refractivity contribution in [1.29, 1.82) is 0 Å². The molecular weight excluding hydrogens is 317 g/mol. The van der Waals surface area contributed by atoms with E-state index < -0.39 is 30.7 Å². The van der Waals surface area contributed by atoms with Gasteiger partial charge in [0.05, 0.1) is 13.0 Å². The predicted octanol–water partition coefficient (Wildman–Crippen LogP) is 2.30. The molecule has 1 unspecified atom stereocenters. The van der Waals surface area contributed by atoms with E-state index in [1.807, 2.05) is 0 Å². The van der Waals surface area contributed by atoms with Gasteiger partial charge in [0.2, 0.25) is 0 Å². The number of carbonyl (C=O) groups is 2. The number of hydrazine groups is 1. The van der Waals surface area contributed by atoms with Gasteiger partial charge in [-0.05, 0) is 12.5 Å². The highest BCUT2D eigenvalue weighted by Crippen LogP contribution is 2.22. The van der Waals surface area contributed by atoms with Crippen LogP contribution in [-0.4, -0.2) is 30.9 Å². The molecule has 2 N–H and O–H groups in total. The zero-order chi connectivity index (χ0) is 17.3. The number of carbonyl (C=O) groups excluding carboxylic acids is 2. The van der Waals surface area contributed by atoms with Gasteiger partial charge in [-0.25, -0.2) is 10.2 Å². The first-order valence-electron chi connectivity index (χ1n) is 6.77. The molecule has 0 radical (unpaired) electrons. The maximum atomic E-state index is 12.8. The van der Waals surface area contributed by atoms with Crippen molar-refractivity contribution >= 4 is 12.1 Å². The molecule has 1 rings (SSSR count). The predicted molar refractivity (Wildman–Crippen MR) is 74.0 cm³/mol. The third-order valence-corrected chi connectivity index (χ3v) is 2.63. The zero-order valence-electron chi connectivity index (χ0n) is 12.4. The lowest BCUT2D eigenvalue weighted by molar-refractivity contribution is -0.171. The van der Waals surface area contributed by atoms with E-state index in [1.54, 1.807) is 41.2 Å². The summed E-state index contributed by atoms with van der Waals surface area (Å²) in [6, 6.07) is 6.35. The number of rotatable bonds is 7. The highest BCUT2D eigenvalue weighted by molar-refractivity contribution is 5.70. The van der Waals surface area contributed by atoms with Gasteiger partial charge in [0, 0.05) is 0 Å². The Morgan fingerprint density at radius 3 is 2.39 bits per heavy atom. The van der Waals surface area contributed by atoms with Crippen molar-refractivity contribution < 1.29 is 32.2 Å². The summed E-state index contributed by atoms with van der Waals surface area (Å²) in [4.78, 5) is 22.5. The van der Waals surface area contributed by atoms with Gasteiger partial charge in [0.25, 0.3) is 0 Å². The average Bonchev–Trinajstić information content (AvgIpc) is 2.49. The lowest BCUT2D eigenvalue weighted by atomic mass is 10.2. The number of nitrogens with one attached hydrogen (secondary N) is 2. The van der Waals surface area contributed by atoms with E-state index in [-0.39, 0.29) is 13.2 Å². The molecule has 0 bridgehead atoms. The number of amides is 1. The number of hydrogen-bond acceptors (Lipinski definition) is 5. The first-order valence-corrected chi connectivity index (χ1v) is 6.77. The summed E-state index contributed by atoms with van der Waals surface area (Å²) in [5.41, 5.74) is 4.18. The number of esters is 1. The molecule has 0 aliphatic heterocycles. The summed E-state index contributed by atoms with van der Waals surface area (Å²) in [7, 11) is 0. The third kappa shape index (κ3) is 7.50. The Morgan fingerprint density at radius 2 is 1.83 bits per heavy atom. The van der Waals surface area contributed by atoms with Gasteiger partial charge < -0.3 is 9.47 Å². The molecule has 1 aromatic rings. The standard InChI is InChI=1S/C14H17F3N2O4/c1-2-22-12(20)8-11(14(15,16)17)18-19-13(21)23-9-10-6-4-3-5-7-10/h3-7,11,18H,2,8-9H2,1H3,(H,19,21). The summed E-state index contributed by atoms with van der Waals surface area (Å²) in [5, 5.41) is 0. The van der Waals surface area contributed by atoms with Crippen LogP contribution in [0.25, 0.3) is 0 Å². The number of ether oxygens (including phenoxy) is 2. The second kappa shape index (κ2) is 8.99. The molecule has 1 aromatic carbocycles.